The lowest BCUT2D eigenvalue weighted by molar-refractivity contribution is -0.120. The van der Waals surface area contributed by atoms with Crippen molar-refractivity contribution in [2.24, 2.45) is 11.8 Å². The summed E-state index contributed by atoms with van der Waals surface area (Å²) in [6.45, 7) is 5.61. The van der Waals surface area contributed by atoms with Crippen LogP contribution in [0.2, 0.25) is 5.02 Å². The summed E-state index contributed by atoms with van der Waals surface area (Å²) >= 11 is 6.48. The van der Waals surface area contributed by atoms with Crippen LogP contribution < -0.4 is 16.0 Å². The van der Waals surface area contributed by atoms with Crippen LogP contribution in [0, 0.1) is 11.8 Å². The number of hydrogen-bond donors (Lipinski definition) is 3. The van der Waals surface area contributed by atoms with Gasteiger partial charge in [0.2, 0.25) is 5.91 Å². The van der Waals surface area contributed by atoms with Gasteiger partial charge in [0.1, 0.15) is 5.82 Å². The van der Waals surface area contributed by atoms with Crippen LogP contribution in [0.5, 0.6) is 0 Å². The number of aromatic nitrogens is 1. The van der Waals surface area contributed by atoms with Crippen molar-refractivity contribution in [3.05, 3.63) is 41.6 Å². The summed E-state index contributed by atoms with van der Waals surface area (Å²) in [7, 11) is 0. The van der Waals surface area contributed by atoms with E-state index in [2.05, 4.69) is 40.0 Å². The monoisotopic (exact) mass is 442 g/mol. The van der Waals surface area contributed by atoms with Gasteiger partial charge in [0.25, 0.3) is 0 Å². The first-order valence-electron chi connectivity index (χ1n) is 11.2. The number of amides is 1. The highest BCUT2D eigenvalue weighted by molar-refractivity contribution is 6.33. The van der Waals surface area contributed by atoms with Crippen LogP contribution >= 0.6 is 11.6 Å². The van der Waals surface area contributed by atoms with E-state index in [-0.39, 0.29) is 11.8 Å². The van der Waals surface area contributed by atoms with E-state index in [9.17, 15) is 4.79 Å². The molecular formula is C24H31ClN4O2. The molecule has 1 aromatic carbocycles. The lowest BCUT2D eigenvalue weighted by Gasteiger charge is -2.29. The number of pyridine rings is 1. The van der Waals surface area contributed by atoms with Crippen molar-refractivity contribution in [1.29, 1.82) is 0 Å². The molecule has 2 saturated heterocycles. The number of rotatable bonds is 6. The van der Waals surface area contributed by atoms with Crippen LogP contribution in [0.15, 0.2) is 36.5 Å². The second kappa shape index (κ2) is 10.4. The quantitative estimate of drug-likeness (QED) is 0.611. The number of halogens is 1. The number of nitrogens with zero attached hydrogens (tertiary/aromatic N) is 1. The standard InChI is InChI=1S/C24H31ClN4O2/c1-16(17-7-10-31-11-8-17)28-20-6-2-4-18(12-20)21-13-23(27-15-22(21)25)29-24(30)19-5-3-9-26-14-19/h2,4,6,12-13,15-17,19,26,28H,3,5,7-11,14H2,1H3,(H,27,29,30)/t16-,19+/m0/s1. The fourth-order valence-electron chi connectivity index (χ4n) is 4.41. The fourth-order valence-corrected chi connectivity index (χ4v) is 4.62. The third-order valence-corrected chi connectivity index (χ3v) is 6.62. The third kappa shape index (κ3) is 5.76. The van der Waals surface area contributed by atoms with Crippen molar-refractivity contribution < 1.29 is 9.53 Å². The molecule has 166 valence electrons. The Labute approximate surface area is 189 Å². The van der Waals surface area contributed by atoms with E-state index in [1.165, 1.54) is 0 Å². The van der Waals surface area contributed by atoms with Crippen molar-refractivity contribution in [3.63, 3.8) is 0 Å². The van der Waals surface area contributed by atoms with Crippen molar-refractivity contribution in [1.82, 2.24) is 10.3 Å². The van der Waals surface area contributed by atoms with Gasteiger partial charge in [-0.3, -0.25) is 4.79 Å². The van der Waals surface area contributed by atoms with Gasteiger partial charge in [-0.1, -0.05) is 23.7 Å². The van der Waals surface area contributed by atoms with Gasteiger partial charge in [-0.2, -0.15) is 0 Å². The molecule has 0 aliphatic carbocycles. The summed E-state index contributed by atoms with van der Waals surface area (Å²) in [6, 6.07) is 10.5. The summed E-state index contributed by atoms with van der Waals surface area (Å²) in [5.41, 5.74) is 2.91. The summed E-state index contributed by atoms with van der Waals surface area (Å²) in [6.07, 6.45) is 5.70. The first kappa shape index (κ1) is 22.1. The molecule has 2 aliphatic rings. The smallest absolute Gasteiger partial charge is 0.229 e. The zero-order valence-corrected chi connectivity index (χ0v) is 18.8. The molecule has 0 bridgehead atoms. The molecule has 3 heterocycles. The van der Waals surface area contributed by atoms with Crippen LogP contribution in [0.3, 0.4) is 0 Å². The van der Waals surface area contributed by atoms with Crippen LogP contribution in [0.4, 0.5) is 11.5 Å². The van der Waals surface area contributed by atoms with E-state index in [4.69, 9.17) is 16.3 Å². The van der Waals surface area contributed by atoms with Crippen molar-refractivity contribution in [2.75, 3.05) is 36.9 Å². The topological polar surface area (TPSA) is 75.3 Å². The van der Waals surface area contributed by atoms with Gasteiger partial charge >= 0.3 is 0 Å². The largest absolute Gasteiger partial charge is 0.382 e. The van der Waals surface area contributed by atoms with E-state index in [0.717, 1.165) is 62.3 Å². The van der Waals surface area contributed by atoms with Gasteiger partial charge in [-0.15, -0.1) is 0 Å². The Kier molecular flexibility index (Phi) is 7.43. The molecule has 4 rings (SSSR count). The number of hydrogen-bond acceptors (Lipinski definition) is 5. The maximum absolute atomic E-state index is 12.6. The Balaban J connectivity index is 1.47. The number of carbonyl (C=O) groups excluding carboxylic acids is 1. The van der Waals surface area contributed by atoms with Gasteiger partial charge in [0, 0.05) is 43.2 Å². The molecule has 0 saturated carbocycles. The molecule has 1 aromatic heterocycles. The maximum Gasteiger partial charge on any atom is 0.229 e. The summed E-state index contributed by atoms with van der Waals surface area (Å²) < 4.78 is 5.49. The fraction of sp³-hybridized carbons (Fsp3) is 0.500. The summed E-state index contributed by atoms with van der Waals surface area (Å²) in [5, 5.41) is 10.4. The molecule has 7 heteroatoms. The number of piperidine rings is 1. The number of nitrogens with one attached hydrogen (secondary N) is 3. The van der Waals surface area contributed by atoms with Crippen molar-refractivity contribution >= 4 is 29.0 Å². The minimum Gasteiger partial charge on any atom is -0.382 e. The van der Waals surface area contributed by atoms with E-state index in [0.29, 0.717) is 29.3 Å². The molecule has 2 fully saturated rings. The number of anilines is 2. The Morgan fingerprint density at radius 2 is 2.10 bits per heavy atom. The highest BCUT2D eigenvalue weighted by Crippen LogP contribution is 2.32. The zero-order valence-electron chi connectivity index (χ0n) is 18.0. The molecular weight excluding hydrogens is 412 g/mol. The van der Waals surface area contributed by atoms with Gasteiger partial charge in [0.05, 0.1) is 10.9 Å². The molecule has 1 amide bonds. The Morgan fingerprint density at radius 1 is 1.26 bits per heavy atom. The molecule has 2 aromatic rings. The number of ether oxygens (including phenoxy) is 1. The second-order valence-electron chi connectivity index (χ2n) is 8.55. The molecule has 0 unspecified atom stereocenters. The predicted molar refractivity (Wildman–Crippen MR) is 126 cm³/mol. The molecule has 0 spiro atoms. The number of benzene rings is 1. The molecule has 0 radical (unpaired) electrons. The Morgan fingerprint density at radius 3 is 2.87 bits per heavy atom. The highest BCUT2D eigenvalue weighted by Gasteiger charge is 2.22. The zero-order chi connectivity index (χ0) is 21.6. The Hall–Kier alpha value is -2.15. The van der Waals surface area contributed by atoms with Crippen molar-refractivity contribution in [2.45, 2.75) is 38.6 Å². The van der Waals surface area contributed by atoms with Gasteiger partial charge < -0.3 is 20.7 Å². The minimum atomic E-state index is -0.0196. The summed E-state index contributed by atoms with van der Waals surface area (Å²) in [4.78, 5) is 16.9. The summed E-state index contributed by atoms with van der Waals surface area (Å²) in [5.74, 6) is 1.13. The second-order valence-corrected chi connectivity index (χ2v) is 8.95. The molecule has 2 atom stereocenters. The van der Waals surface area contributed by atoms with E-state index < -0.39 is 0 Å². The average molecular weight is 443 g/mol. The molecule has 2 aliphatic heterocycles. The van der Waals surface area contributed by atoms with Crippen LogP contribution in [0.25, 0.3) is 11.1 Å². The van der Waals surface area contributed by atoms with Crippen molar-refractivity contribution in [3.8, 4) is 11.1 Å². The Bertz CT molecular complexity index is 895. The minimum absolute atomic E-state index is 0.00803. The SMILES string of the molecule is C[C@H](Nc1cccc(-c2cc(NC(=O)[C@@H]3CCCNC3)ncc2Cl)c1)C1CCOCC1. The van der Waals surface area contributed by atoms with E-state index in [1.54, 1.807) is 6.20 Å². The molecule has 31 heavy (non-hydrogen) atoms. The first-order valence-corrected chi connectivity index (χ1v) is 11.6. The average Bonchev–Trinajstić information content (AvgIpc) is 2.81. The van der Waals surface area contributed by atoms with E-state index >= 15 is 0 Å². The number of carbonyl (C=O) groups is 1. The van der Waals surface area contributed by atoms with Gasteiger partial charge in [0.15, 0.2) is 0 Å². The molecule has 3 N–H and O–H groups in total. The normalized spacial score (nSPS) is 20.8. The lowest BCUT2D eigenvalue weighted by atomic mass is 9.92. The van der Waals surface area contributed by atoms with Gasteiger partial charge in [-0.25, -0.2) is 4.98 Å². The van der Waals surface area contributed by atoms with Crippen LogP contribution in [-0.4, -0.2) is 43.2 Å². The predicted octanol–water partition coefficient (Wildman–Crippen LogP) is 4.57. The highest BCUT2D eigenvalue weighted by atomic mass is 35.5. The maximum atomic E-state index is 12.6. The third-order valence-electron chi connectivity index (χ3n) is 6.32. The van der Waals surface area contributed by atoms with Crippen LogP contribution in [0.1, 0.15) is 32.6 Å². The molecule has 6 nitrogen and oxygen atoms in total. The lowest BCUT2D eigenvalue weighted by Crippen LogP contribution is -2.37. The van der Waals surface area contributed by atoms with Gasteiger partial charge in [-0.05, 0) is 68.8 Å². The van der Waals surface area contributed by atoms with E-state index in [1.807, 2.05) is 18.2 Å². The van der Waals surface area contributed by atoms with Crippen LogP contribution in [-0.2, 0) is 9.53 Å². The first-order chi connectivity index (χ1) is 15.1.